The van der Waals surface area contributed by atoms with Crippen LogP contribution in [0.1, 0.15) is 58.3 Å². The SMILES string of the molecule is NC(=O)c1ccc2c(c1)CCCC(c1ccc(O)cc1O)=C2c1ccc(OC2CCN(CCCF)C2)cc1. The van der Waals surface area contributed by atoms with Crippen molar-refractivity contribution in [3.63, 3.8) is 0 Å². The quantitative estimate of drug-likeness (QED) is 0.377. The van der Waals surface area contributed by atoms with Gasteiger partial charge in [-0.05, 0) is 96.3 Å². The van der Waals surface area contributed by atoms with Crippen LogP contribution in [0.25, 0.3) is 11.1 Å². The Hall–Kier alpha value is -3.84. The summed E-state index contributed by atoms with van der Waals surface area (Å²) in [6.45, 7) is 2.18. The van der Waals surface area contributed by atoms with E-state index in [1.54, 1.807) is 18.2 Å². The van der Waals surface area contributed by atoms with Crippen LogP contribution in [0.3, 0.4) is 0 Å². The monoisotopic (exact) mass is 516 g/mol. The molecule has 1 aliphatic heterocycles. The van der Waals surface area contributed by atoms with Crippen molar-refractivity contribution in [1.82, 2.24) is 4.90 Å². The van der Waals surface area contributed by atoms with Crippen LogP contribution in [0.2, 0.25) is 0 Å². The van der Waals surface area contributed by atoms with Crippen molar-refractivity contribution >= 4 is 17.1 Å². The fraction of sp³-hybridized carbons (Fsp3) is 0.323. The Labute approximate surface area is 222 Å². The van der Waals surface area contributed by atoms with Crippen LogP contribution in [0.4, 0.5) is 4.39 Å². The molecule has 1 saturated heterocycles. The normalized spacial score (nSPS) is 17.8. The molecule has 1 heterocycles. The Morgan fingerprint density at radius 2 is 1.82 bits per heavy atom. The summed E-state index contributed by atoms with van der Waals surface area (Å²) in [4.78, 5) is 14.1. The molecule has 7 heteroatoms. The van der Waals surface area contributed by atoms with Crippen LogP contribution in [-0.4, -0.2) is 53.4 Å². The number of carbonyl (C=O) groups is 1. The Bertz CT molecular complexity index is 1350. The number of carbonyl (C=O) groups excluding carboxylic acids is 1. The molecule has 1 atom stereocenters. The first-order valence-electron chi connectivity index (χ1n) is 13.2. The average Bonchev–Trinajstić information content (AvgIpc) is 3.26. The average molecular weight is 517 g/mol. The fourth-order valence-corrected chi connectivity index (χ4v) is 5.59. The predicted octanol–water partition coefficient (Wildman–Crippen LogP) is 5.30. The molecule has 0 saturated carbocycles. The lowest BCUT2D eigenvalue weighted by atomic mass is 9.87. The highest BCUT2D eigenvalue weighted by Crippen LogP contribution is 2.43. The van der Waals surface area contributed by atoms with Crippen molar-refractivity contribution in [3.05, 3.63) is 88.5 Å². The number of rotatable bonds is 8. The first kappa shape index (κ1) is 25.8. The first-order chi connectivity index (χ1) is 18.4. The molecule has 6 nitrogen and oxygen atoms in total. The second kappa shape index (κ2) is 11.3. The number of primary amides is 1. The number of benzene rings is 3. The molecule has 0 spiro atoms. The third kappa shape index (κ3) is 5.53. The molecule has 1 amide bonds. The van der Waals surface area contributed by atoms with Gasteiger partial charge in [-0.3, -0.25) is 14.1 Å². The van der Waals surface area contributed by atoms with Crippen molar-refractivity contribution in [2.75, 3.05) is 26.3 Å². The van der Waals surface area contributed by atoms with Gasteiger partial charge in [0.15, 0.2) is 0 Å². The summed E-state index contributed by atoms with van der Waals surface area (Å²) in [5, 5.41) is 20.6. The van der Waals surface area contributed by atoms with Gasteiger partial charge in [-0.15, -0.1) is 0 Å². The lowest BCUT2D eigenvalue weighted by molar-refractivity contribution is 0.1000. The summed E-state index contributed by atoms with van der Waals surface area (Å²) in [5.74, 6) is 0.340. The van der Waals surface area contributed by atoms with Crippen molar-refractivity contribution in [2.24, 2.45) is 5.73 Å². The number of fused-ring (bicyclic) bond motifs is 1. The zero-order chi connectivity index (χ0) is 26.6. The smallest absolute Gasteiger partial charge is 0.248 e. The van der Waals surface area contributed by atoms with Gasteiger partial charge in [0, 0.05) is 36.8 Å². The van der Waals surface area contributed by atoms with Crippen molar-refractivity contribution < 1.29 is 24.1 Å². The minimum absolute atomic E-state index is 0.00481. The van der Waals surface area contributed by atoms with Gasteiger partial charge in [0.05, 0.1) is 6.67 Å². The third-order valence-electron chi connectivity index (χ3n) is 7.42. The molecular formula is C31H33FN2O4. The number of halogens is 1. The van der Waals surface area contributed by atoms with Gasteiger partial charge >= 0.3 is 0 Å². The van der Waals surface area contributed by atoms with Crippen molar-refractivity contribution in [2.45, 2.75) is 38.2 Å². The van der Waals surface area contributed by atoms with Crippen LogP contribution in [-0.2, 0) is 6.42 Å². The predicted molar refractivity (Wildman–Crippen MR) is 146 cm³/mol. The molecule has 3 aromatic rings. The van der Waals surface area contributed by atoms with E-state index in [2.05, 4.69) is 4.90 Å². The second-order valence-electron chi connectivity index (χ2n) is 10.0. The molecule has 0 bridgehead atoms. The number of likely N-dealkylation sites (tertiary alicyclic amines) is 1. The number of hydrogen-bond acceptors (Lipinski definition) is 5. The van der Waals surface area contributed by atoms with E-state index >= 15 is 0 Å². The molecular weight excluding hydrogens is 483 g/mol. The second-order valence-corrected chi connectivity index (χ2v) is 10.0. The van der Waals surface area contributed by atoms with E-state index in [1.165, 1.54) is 6.07 Å². The molecule has 3 aromatic carbocycles. The minimum atomic E-state index is -0.462. The van der Waals surface area contributed by atoms with Gasteiger partial charge in [0.1, 0.15) is 23.4 Å². The number of aromatic hydroxyl groups is 2. The number of ether oxygens (including phenoxy) is 1. The van der Waals surface area contributed by atoms with E-state index < -0.39 is 5.91 Å². The van der Waals surface area contributed by atoms with E-state index in [0.29, 0.717) is 24.0 Å². The van der Waals surface area contributed by atoms with E-state index in [0.717, 1.165) is 72.5 Å². The molecule has 38 heavy (non-hydrogen) atoms. The highest BCUT2D eigenvalue weighted by Gasteiger charge is 2.25. The summed E-state index contributed by atoms with van der Waals surface area (Å²) < 4.78 is 18.8. The lowest BCUT2D eigenvalue weighted by Gasteiger charge is -2.19. The standard InChI is InChI=1S/C31H33FN2O4/c32-14-2-15-34-16-13-25(19-34)38-24-9-5-20(6-10-24)30-26-11-7-22(31(33)37)17-21(26)3-1-4-28(30)27-12-8-23(35)18-29(27)36/h5-12,17-18,25,35-36H,1-4,13-16,19H2,(H2,33,37). The van der Waals surface area contributed by atoms with E-state index in [4.69, 9.17) is 10.5 Å². The summed E-state index contributed by atoms with van der Waals surface area (Å²) >= 11 is 0. The molecule has 0 aromatic heterocycles. The molecule has 198 valence electrons. The molecule has 1 unspecified atom stereocenters. The summed E-state index contributed by atoms with van der Waals surface area (Å²) in [5.41, 5.74) is 11.6. The van der Waals surface area contributed by atoms with E-state index in [1.807, 2.05) is 36.4 Å². The van der Waals surface area contributed by atoms with Gasteiger partial charge in [0.2, 0.25) is 5.91 Å². The highest BCUT2D eigenvalue weighted by atomic mass is 19.1. The molecule has 1 aliphatic carbocycles. The third-order valence-corrected chi connectivity index (χ3v) is 7.42. The van der Waals surface area contributed by atoms with Crippen molar-refractivity contribution in [1.29, 1.82) is 0 Å². The van der Waals surface area contributed by atoms with Gasteiger partial charge in [-0.25, -0.2) is 0 Å². The van der Waals surface area contributed by atoms with Crippen LogP contribution >= 0.6 is 0 Å². The molecule has 2 aliphatic rings. The maximum atomic E-state index is 12.5. The minimum Gasteiger partial charge on any atom is -0.508 e. The largest absolute Gasteiger partial charge is 0.508 e. The maximum absolute atomic E-state index is 12.5. The van der Waals surface area contributed by atoms with Crippen LogP contribution in [0, 0.1) is 0 Å². The topological polar surface area (TPSA) is 96.0 Å². The van der Waals surface area contributed by atoms with Crippen molar-refractivity contribution in [3.8, 4) is 17.2 Å². The van der Waals surface area contributed by atoms with E-state index in [-0.39, 0.29) is 24.3 Å². The number of phenolic OH excluding ortho intramolecular Hbond substituents is 2. The Morgan fingerprint density at radius 3 is 2.55 bits per heavy atom. The Balaban J connectivity index is 1.51. The van der Waals surface area contributed by atoms with Gasteiger partial charge in [0.25, 0.3) is 0 Å². The van der Waals surface area contributed by atoms with Gasteiger partial charge in [-0.2, -0.15) is 0 Å². The zero-order valence-electron chi connectivity index (χ0n) is 21.3. The number of nitrogens with zero attached hydrogens (tertiary/aromatic N) is 1. The number of allylic oxidation sites excluding steroid dienone is 1. The number of phenols is 2. The number of alkyl halides is 1. The maximum Gasteiger partial charge on any atom is 0.248 e. The van der Waals surface area contributed by atoms with Crippen LogP contribution < -0.4 is 10.5 Å². The number of hydrogen-bond donors (Lipinski definition) is 3. The molecule has 4 N–H and O–H groups in total. The van der Waals surface area contributed by atoms with Crippen LogP contribution in [0.5, 0.6) is 17.2 Å². The van der Waals surface area contributed by atoms with E-state index in [9.17, 15) is 19.4 Å². The van der Waals surface area contributed by atoms with Gasteiger partial charge < -0.3 is 20.7 Å². The Morgan fingerprint density at radius 1 is 1.03 bits per heavy atom. The summed E-state index contributed by atoms with van der Waals surface area (Å²) in [6, 6.07) is 18.2. The molecule has 5 rings (SSSR count). The first-order valence-corrected chi connectivity index (χ1v) is 13.2. The number of aryl methyl sites for hydroxylation is 1. The summed E-state index contributed by atoms with van der Waals surface area (Å²) in [6.07, 6.45) is 3.86. The Kier molecular flexibility index (Phi) is 7.65. The summed E-state index contributed by atoms with van der Waals surface area (Å²) in [7, 11) is 0. The zero-order valence-corrected chi connectivity index (χ0v) is 21.3. The lowest BCUT2D eigenvalue weighted by Crippen LogP contribution is -2.26. The number of nitrogens with two attached hydrogens (primary N) is 1. The number of amides is 1. The fourth-order valence-electron chi connectivity index (χ4n) is 5.59. The highest BCUT2D eigenvalue weighted by molar-refractivity contribution is 6.02. The van der Waals surface area contributed by atoms with Gasteiger partial charge in [-0.1, -0.05) is 18.2 Å². The molecule has 0 radical (unpaired) electrons. The van der Waals surface area contributed by atoms with Crippen LogP contribution in [0.15, 0.2) is 60.7 Å². The molecule has 1 fully saturated rings.